The van der Waals surface area contributed by atoms with Crippen LogP contribution in [0.5, 0.6) is 5.75 Å². The average molecular weight is 262 g/mol. The highest BCUT2D eigenvalue weighted by atomic mass is 16.5. The third-order valence-electron chi connectivity index (χ3n) is 3.66. The van der Waals surface area contributed by atoms with Crippen LogP contribution in [0, 0.1) is 19.8 Å². The summed E-state index contributed by atoms with van der Waals surface area (Å²) in [6, 6.07) is 3.85. The summed E-state index contributed by atoms with van der Waals surface area (Å²) in [5, 5.41) is 0. The summed E-state index contributed by atoms with van der Waals surface area (Å²) in [6.45, 7) is 6.43. The first-order valence-corrected chi connectivity index (χ1v) is 6.89. The second-order valence-electron chi connectivity index (χ2n) is 5.21. The van der Waals surface area contributed by atoms with Crippen molar-refractivity contribution in [1.82, 2.24) is 0 Å². The highest BCUT2D eigenvalue weighted by Gasteiger charge is 2.37. The van der Waals surface area contributed by atoms with Gasteiger partial charge in [-0.15, -0.1) is 0 Å². The van der Waals surface area contributed by atoms with Gasteiger partial charge in [0.25, 0.3) is 0 Å². The van der Waals surface area contributed by atoms with Gasteiger partial charge in [0.2, 0.25) is 0 Å². The Kier molecular flexibility index (Phi) is 4.25. The lowest BCUT2D eigenvalue weighted by Gasteiger charge is -2.17. The third-order valence-corrected chi connectivity index (χ3v) is 3.66. The molecule has 0 bridgehead atoms. The Labute approximate surface area is 114 Å². The second-order valence-corrected chi connectivity index (χ2v) is 5.21. The summed E-state index contributed by atoms with van der Waals surface area (Å²) in [4.78, 5) is 12.6. The number of hydrogen-bond donors (Lipinski definition) is 0. The lowest BCUT2D eigenvalue weighted by Crippen LogP contribution is -2.27. The number of aryl methyl sites for hydroxylation is 2. The van der Waals surface area contributed by atoms with Gasteiger partial charge in [0, 0.05) is 12.2 Å². The van der Waals surface area contributed by atoms with E-state index in [0.717, 1.165) is 35.3 Å². The first-order chi connectivity index (χ1) is 9.08. The van der Waals surface area contributed by atoms with Crippen molar-refractivity contribution < 1.29 is 14.3 Å². The molecule has 1 atom stereocenters. The zero-order chi connectivity index (χ0) is 14.0. The van der Waals surface area contributed by atoms with Crippen molar-refractivity contribution in [3.05, 3.63) is 28.8 Å². The van der Waals surface area contributed by atoms with Crippen molar-refractivity contribution in [3.8, 4) is 5.75 Å². The first-order valence-electron chi connectivity index (χ1n) is 6.89. The summed E-state index contributed by atoms with van der Waals surface area (Å²) in [6.07, 6.45) is 1.94. The van der Waals surface area contributed by atoms with Gasteiger partial charge < -0.3 is 9.47 Å². The molecule has 0 N–H and O–H groups in total. The van der Waals surface area contributed by atoms with Gasteiger partial charge in [0.05, 0.1) is 7.11 Å². The molecule has 2 rings (SSSR count). The van der Waals surface area contributed by atoms with E-state index >= 15 is 0 Å². The first kappa shape index (κ1) is 14.1. The zero-order valence-electron chi connectivity index (χ0n) is 12.2. The van der Waals surface area contributed by atoms with E-state index in [1.54, 1.807) is 7.11 Å². The summed E-state index contributed by atoms with van der Waals surface area (Å²) < 4.78 is 10.9. The number of hydrogen-bond acceptors (Lipinski definition) is 3. The molecule has 0 saturated heterocycles. The second kappa shape index (κ2) is 5.74. The lowest BCUT2D eigenvalue weighted by atomic mass is 9.96. The molecule has 0 spiro atoms. The predicted molar refractivity (Wildman–Crippen MR) is 74.9 cm³/mol. The minimum absolute atomic E-state index is 0.118. The number of carbonyl (C=O) groups is 1. The van der Waals surface area contributed by atoms with Crippen molar-refractivity contribution >= 4 is 5.78 Å². The van der Waals surface area contributed by atoms with Crippen molar-refractivity contribution in [3.63, 3.8) is 0 Å². The van der Waals surface area contributed by atoms with Gasteiger partial charge >= 0.3 is 0 Å². The van der Waals surface area contributed by atoms with Crippen LogP contribution in [0.3, 0.4) is 0 Å². The molecule has 0 amide bonds. The minimum atomic E-state index is -0.267. The van der Waals surface area contributed by atoms with Crippen LogP contribution in [0.2, 0.25) is 0 Å². The molecule has 0 aromatic heterocycles. The fourth-order valence-corrected chi connectivity index (χ4v) is 2.43. The maximum Gasteiger partial charge on any atom is 0.192 e. The monoisotopic (exact) mass is 262 g/mol. The normalized spacial score (nSPS) is 16.2. The van der Waals surface area contributed by atoms with Gasteiger partial charge in [0.15, 0.2) is 5.78 Å². The summed E-state index contributed by atoms with van der Waals surface area (Å²) in [5.41, 5.74) is 2.71. The van der Waals surface area contributed by atoms with Crippen LogP contribution in [0.25, 0.3) is 0 Å². The van der Waals surface area contributed by atoms with Crippen LogP contribution < -0.4 is 4.74 Å². The molecular weight excluding hydrogens is 240 g/mol. The van der Waals surface area contributed by atoms with E-state index in [1.807, 2.05) is 32.9 Å². The van der Waals surface area contributed by atoms with E-state index < -0.39 is 0 Å². The van der Waals surface area contributed by atoms with E-state index in [-0.39, 0.29) is 11.9 Å². The number of rotatable bonds is 6. The molecule has 0 aliphatic heterocycles. The maximum absolute atomic E-state index is 12.6. The molecular formula is C16H22O3. The van der Waals surface area contributed by atoms with Crippen molar-refractivity contribution in [2.45, 2.75) is 39.7 Å². The number of ether oxygens (including phenoxy) is 2. The molecule has 0 heterocycles. The fourth-order valence-electron chi connectivity index (χ4n) is 2.43. The molecule has 0 radical (unpaired) electrons. The van der Waals surface area contributed by atoms with Crippen LogP contribution >= 0.6 is 0 Å². The van der Waals surface area contributed by atoms with Gasteiger partial charge in [-0.1, -0.05) is 0 Å². The van der Waals surface area contributed by atoms with Crippen molar-refractivity contribution in [1.29, 1.82) is 0 Å². The Morgan fingerprint density at radius 3 is 2.53 bits per heavy atom. The van der Waals surface area contributed by atoms with Crippen LogP contribution in [0.4, 0.5) is 0 Å². The molecule has 19 heavy (non-hydrogen) atoms. The molecule has 1 aromatic rings. The quantitative estimate of drug-likeness (QED) is 0.738. The Bertz CT molecular complexity index is 475. The van der Waals surface area contributed by atoms with E-state index in [4.69, 9.17) is 9.47 Å². The van der Waals surface area contributed by atoms with Crippen LogP contribution in [-0.4, -0.2) is 25.6 Å². The molecule has 3 nitrogen and oxygen atoms in total. The summed E-state index contributed by atoms with van der Waals surface area (Å²) in [5.74, 6) is 1.36. The highest BCUT2D eigenvalue weighted by molar-refractivity contribution is 6.01. The molecule has 1 aromatic carbocycles. The van der Waals surface area contributed by atoms with Gasteiger partial charge in [0.1, 0.15) is 11.9 Å². The maximum atomic E-state index is 12.6. The topological polar surface area (TPSA) is 35.5 Å². The van der Waals surface area contributed by atoms with E-state index in [2.05, 4.69) is 0 Å². The Morgan fingerprint density at radius 2 is 2.00 bits per heavy atom. The van der Waals surface area contributed by atoms with Gasteiger partial charge in [-0.2, -0.15) is 0 Å². The standard InChI is InChI=1S/C16H22O3/c1-5-19-16(12-6-7-12)15(17)13-8-11(3)14(18-4)9-10(13)2/h8-9,12,16H,5-7H2,1-4H3. The van der Waals surface area contributed by atoms with Crippen molar-refractivity contribution in [2.24, 2.45) is 5.92 Å². The molecule has 104 valence electrons. The summed E-state index contributed by atoms with van der Waals surface area (Å²) in [7, 11) is 1.65. The lowest BCUT2D eigenvalue weighted by molar-refractivity contribution is 0.0374. The van der Waals surface area contributed by atoms with Crippen LogP contribution in [0.15, 0.2) is 12.1 Å². The molecule has 1 saturated carbocycles. The largest absolute Gasteiger partial charge is 0.496 e. The number of ketones is 1. The van der Waals surface area contributed by atoms with Crippen molar-refractivity contribution in [2.75, 3.05) is 13.7 Å². The Morgan fingerprint density at radius 1 is 1.32 bits per heavy atom. The van der Waals surface area contributed by atoms with Gasteiger partial charge in [-0.05, 0) is 62.8 Å². The van der Waals surface area contributed by atoms with Crippen LogP contribution in [-0.2, 0) is 4.74 Å². The fraction of sp³-hybridized carbons (Fsp3) is 0.562. The van der Waals surface area contributed by atoms with Gasteiger partial charge in [-0.3, -0.25) is 4.79 Å². The van der Waals surface area contributed by atoms with Crippen LogP contribution in [0.1, 0.15) is 41.3 Å². The highest BCUT2D eigenvalue weighted by Crippen LogP contribution is 2.36. The Hall–Kier alpha value is -1.35. The van der Waals surface area contributed by atoms with E-state index in [1.165, 1.54) is 0 Å². The number of Topliss-reactive ketones (excluding diaryl/α,β-unsaturated/α-hetero) is 1. The molecule has 1 fully saturated rings. The molecule has 1 aliphatic carbocycles. The van der Waals surface area contributed by atoms with E-state index in [0.29, 0.717) is 12.5 Å². The van der Waals surface area contributed by atoms with E-state index in [9.17, 15) is 4.79 Å². The minimum Gasteiger partial charge on any atom is -0.496 e. The zero-order valence-corrected chi connectivity index (χ0v) is 12.2. The predicted octanol–water partition coefficient (Wildman–Crippen LogP) is 3.31. The number of methoxy groups -OCH3 is 1. The average Bonchev–Trinajstić information content (AvgIpc) is 3.21. The SMILES string of the molecule is CCOC(C(=O)c1cc(C)c(OC)cc1C)C1CC1. The molecule has 1 unspecified atom stereocenters. The number of carbonyl (C=O) groups excluding carboxylic acids is 1. The molecule has 3 heteroatoms. The smallest absolute Gasteiger partial charge is 0.192 e. The Balaban J connectivity index is 2.29. The third kappa shape index (κ3) is 2.98. The number of benzene rings is 1. The molecule has 1 aliphatic rings. The summed E-state index contributed by atoms with van der Waals surface area (Å²) >= 11 is 0. The van der Waals surface area contributed by atoms with Gasteiger partial charge in [-0.25, -0.2) is 0 Å².